The number of amides is 1. The molecule has 0 bridgehead atoms. The van der Waals surface area contributed by atoms with Gasteiger partial charge in [-0.05, 0) is 53.0 Å². The Morgan fingerprint density at radius 3 is 2.67 bits per heavy atom. The standard InChI is InChI=1S/C19H16BrFN4OS/c20-14-6-2-4-8-16(14)22-17(26)11-27-19-24-23-18(25(19)12-9-10-12)13-5-1-3-7-15(13)21/h1-8,12H,9-11H2,(H,22,26). The molecule has 4 rings (SSSR count). The zero-order chi connectivity index (χ0) is 18.8. The molecule has 0 radical (unpaired) electrons. The van der Waals surface area contributed by atoms with Crippen LogP contribution in [0.3, 0.4) is 0 Å². The van der Waals surface area contributed by atoms with Crippen molar-refractivity contribution in [3.05, 3.63) is 58.8 Å². The number of anilines is 1. The second-order valence-electron chi connectivity index (χ2n) is 6.20. The molecule has 1 aliphatic carbocycles. The molecule has 1 amide bonds. The minimum absolute atomic E-state index is 0.135. The third kappa shape index (κ3) is 4.06. The Morgan fingerprint density at radius 1 is 1.19 bits per heavy atom. The number of rotatable bonds is 6. The number of aromatic nitrogens is 3. The lowest BCUT2D eigenvalue weighted by Gasteiger charge is -2.10. The highest BCUT2D eigenvalue weighted by Crippen LogP contribution is 2.41. The average molecular weight is 447 g/mol. The van der Waals surface area contributed by atoms with Gasteiger partial charge >= 0.3 is 0 Å². The molecule has 5 nitrogen and oxygen atoms in total. The number of nitrogens with zero attached hydrogens (tertiary/aromatic N) is 3. The van der Waals surface area contributed by atoms with Gasteiger partial charge in [-0.3, -0.25) is 9.36 Å². The Kier molecular flexibility index (Phi) is 5.27. The molecule has 0 atom stereocenters. The highest BCUT2D eigenvalue weighted by molar-refractivity contribution is 9.10. The fraction of sp³-hybridized carbons (Fsp3) is 0.211. The highest BCUT2D eigenvalue weighted by Gasteiger charge is 2.31. The molecule has 0 aliphatic heterocycles. The van der Waals surface area contributed by atoms with Gasteiger partial charge in [0.15, 0.2) is 11.0 Å². The molecule has 1 saturated carbocycles. The Morgan fingerprint density at radius 2 is 1.93 bits per heavy atom. The van der Waals surface area contributed by atoms with Crippen LogP contribution in [-0.4, -0.2) is 26.4 Å². The fourth-order valence-corrected chi connectivity index (χ4v) is 3.93. The van der Waals surface area contributed by atoms with Gasteiger partial charge in [-0.15, -0.1) is 10.2 Å². The van der Waals surface area contributed by atoms with Crippen LogP contribution in [0.1, 0.15) is 18.9 Å². The lowest BCUT2D eigenvalue weighted by atomic mass is 10.2. The van der Waals surface area contributed by atoms with Gasteiger partial charge < -0.3 is 5.32 Å². The first-order valence-corrected chi connectivity index (χ1v) is 10.3. The van der Waals surface area contributed by atoms with Gasteiger partial charge in [-0.25, -0.2) is 4.39 Å². The zero-order valence-electron chi connectivity index (χ0n) is 14.2. The van der Waals surface area contributed by atoms with Crippen molar-refractivity contribution in [2.45, 2.75) is 24.0 Å². The number of para-hydroxylation sites is 1. The first-order chi connectivity index (χ1) is 13.1. The Bertz CT molecular complexity index is 989. The number of halogens is 2. The summed E-state index contributed by atoms with van der Waals surface area (Å²) in [6.07, 6.45) is 2.02. The molecule has 8 heteroatoms. The van der Waals surface area contributed by atoms with E-state index in [0.717, 1.165) is 23.0 Å². The van der Waals surface area contributed by atoms with Crippen LogP contribution in [0, 0.1) is 5.82 Å². The second-order valence-corrected chi connectivity index (χ2v) is 8.00. The molecule has 0 unspecified atom stereocenters. The first kappa shape index (κ1) is 18.2. The van der Waals surface area contributed by atoms with Crippen LogP contribution in [0.4, 0.5) is 10.1 Å². The van der Waals surface area contributed by atoms with Gasteiger partial charge in [-0.2, -0.15) is 0 Å². The predicted molar refractivity (Wildman–Crippen MR) is 107 cm³/mol. The highest BCUT2D eigenvalue weighted by atomic mass is 79.9. The van der Waals surface area contributed by atoms with E-state index in [-0.39, 0.29) is 23.5 Å². The molecule has 138 valence electrons. The quantitative estimate of drug-likeness (QED) is 0.546. The average Bonchev–Trinajstić information content (AvgIpc) is 3.42. The van der Waals surface area contributed by atoms with Crippen molar-refractivity contribution in [3.63, 3.8) is 0 Å². The molecule has 0 spiro atoms. The maximum atomic E-state index is 14.2. The van der Waals surface area contributed by atoms with Crippen molar-refractivity contribution in [1.29, 1.82) is 0 Å². The number of benzene rings is 2. The van der Waals surface area contributed by atoms with E-state index in [1.54, 1.807) is 18.2 Å². The molecular formula is C19H16BrFN4OS. The minimum atomic E-state index is -0.324. The van der Waals surface area contributed by atoms with Gasteiger partial charge in [-0.1, -0.05) is 36.0 Å². The summed E-state index contributed by atoms with van der Waals surface area (Å²) in [4.78, 5) is 12.3. The van der Waals surface area contributed by atoms with Gasteiger partial charge in [0.1, 0.15) is 5.82 Å². The van der Waals surface area contributed by atoms with Crippen LogP contribution in [0.15, 0.2) is 58.2 Å². The second kappa shape index (κ2) is 7.82. The van der Waals surface area contributed by atoms with Crippen molar-refractivity contribution in [2.75, 3.05) is 11.1 Å². The number of hydrogen-bond acceptors (Lipinski definition) is 4. The Balaban J connectivity index is 1.51. The third-order valence-electron chi connectivity index (χ3n) is 4.17. The van der Waals surface area contributed by atoms with Crippen molar-refractivity contribution in [3.8, 4) is 11.4 Å². The normalized spacial score (nSPS) is 13.6. The molecule has 1 aliphatic rings. The van der Waals surface area contributed by atoms with E-state index in [2.05, 4.69) is 31.4 Å². The van der Waals surface area contributed by atoms with Gasteiger partial charge in [0.25, 0.3) is 0 Å². The maximum Gasteiger partial charge on any atom is 0.234 e. The van der Waals surface area contributed by atoms with Gasteiger partial charge in [0.2, 0.25) is 5.91 Å². The number of carbonyl (C=O) groups excluding carboxylic acids is 1. The number of carbonyl (C=O) groups is 1. The molecule has 0 saturated heterocycles. The van der Waals surface area contributed by atoms with Crippen molar-refractivity contribution >= 4 is 39.3 Å². The van der Waals surface area contributed by atoms with Crippen LogP contribution in [0.25, 0.3) is 11.4 Å². The van der Waals surface area contributed by atoms with E-state index in [1.807, 2.05) is 28.8 Å². The summed E-state index contributed by atoms with van der Waals surface area (Å²) in [5, 5.41) is 11.9. The summed E-state index contributed by atoms with van der Waals surface area (Å²) in [5.74, 6) is 0.257. The summed E-state index contributed by atoms with van der Waals surface area (Å²) in [5.41, 5.74) is 1.15. The van der Waals surface area contributed by atoms with Crippen LogP contribution in [0.2, 0.25) is 0 Å². The first-order valence-electron chi connectivity index (χ1n) is 8.50. The lowest BCUT2D eigenvalue weighted by Crippen LogP contribution is -2.15. The van der Waals surface area contributed by atoms with E-state index in [0.29, 0.717) is 16.5 Å². The molecule has 1 fully saturated rings. The van der Waals surface area contributed by atoms with Gasteiger partial charge in [0.05, 0.1) is 17.0 Å². The Labute approximate surface area is 168 Å². The van der Waals surface area contributed by atoms with Gasteiger partial charge in [0, 0.05) is 10.5 Å². The van der Waals surface area contributed by atoms with E-state index < -0.39 is 0 Å². The maximum absolute atomic E-state index is 14.2. The zero-order valence-corrected chi connectivity index (χ0v) is 16.6. The summed E-state index contributed by atoms with van der Waals surface area (Å²) < 4.78 is 17.0. The summed E-state index contributed by atoms with van der Waals surface area (Å²) in [6, 6.07) is 14.3. The number of nitrogens with one attached hydrogen (secondary N) is 1. The summed E-state index contributed by atoms with van der Waals surface area (Å²) in [7, 11) is 0. The Hall–Kier alpha value is -2.19. The van der Waals surface area contributed by atoms with E-state index in [9.17, 15) is 9.18 Å². The molecular weight excluding hydrogens is 431 g/mol. The lowest BCUT2D eigenvalue weighted by molar-refractivity contribution is -0.113. The van der Waals surface area contributed by atoms with Crippen LogP contribution >= 0.6 is 27.7 Å². The monoisotopic (exact) mass is 446 g/mol. The SMILES string of the molecule is O=C(CSc1nnc(-c2ccccc2F)n1C1CC1)Nc1ccccc1Br. The van der Waals surface area contributed by atoms with Crippen LogP contribution in [-0.2, 0) is 4.79 Å². The molecule has 2 aromatic carbocycles. The molecule has 1 heterocycles. The summed E-state index contributed by atoms with van der Waals surface area (Å²) in [6.45, 7) is 0. The smallest absolute Gasteiger partial charge is 0.234 e. The van der Waals surface area contributed by atoms with Crippen LogP contribution in [0.5, 0.6) is 0 Å². The fourth-order valence-electron chi connectivity index (χ4n) is 2.74. The van der Waals surface area contributed by atoms with Crippen molar-refractivity contribution < 1.29 is 9.18 Å². The largest absolute Gasteiger partial charge is 0.324 e. The minimum Gasteiger partial charge on any atom is -0.324 e. The molecule has 1 aromatic heterocycles. The molecule has 3 aromatic rings. The van der Waals surface area contributed by atoms with E-state index in [4.69, 9.17) is 0 Å². The predicted octanol–water partition coefficient (Wildman–Crippen LogP) is 4.91. The van der Waals surface area contributed by atoms with Crippen molar-refractivity contribution in [1.82, 2.24) is 14.8 Å². The summed E-state index contributed by atoms with van der Waals surface area (Å²) >= 11 is 4.72. The number of hydrogen-bond donors (Lipinski definition) is 1. The van der Waals surface area contributed by atoms with E-state index in [1.165, 1.54) is 17.8 Å². The van der Waals surface area contributed by atoms with Crippen molar-refractivity contribution in [2.24, 2.45) is 0 Å². The topological polar surface area (TPSA) is 59.8 Å². The van der Waals surface area contributed by atoms with Crippen LogP contribution < -0.4 is 5.32 Å². The molecule has 27 heavy (non-hydrogen) atoms. The number of thioether (sulfide) groups is 1. The third-order valence-corrected chi connectivity index (χ3v) is 5.81. The van der Waals surface area contributed by atoms with E-state index >= 15 is 0 Å². The molecule has 1 N–H and O–H groups in total.